The molecule has 1 heterocycles. The number of carboxylic acid groups (broad SMARTS) is 1. The van der Waals surface area contributed by atoms with Crippen LogP contribution in [0.4, 0.5) is 5.69 Å². The van der Waals surface area contributed by atoms with Crippen LogP contribution < -0.4 is 16.2 Å². The number of hydrogen-bond donors (Lipinski definition) is 3. The highest BCUT2D eigenvalue weighted by Crippen LogP contribution is 2.27. The van der Waals surface area contributed by atoms with Crippen molar-refractivity contribution in [2.24, 2.45) is 16.5 Å². The van der Waals surface area contributed by atoms with Crippen molar-refractivity contribution in [3.63, 3.8) is 0 Å². The molecule has 11 nitrogen and oxygen atoms in total. The summed E-state index contributed by atoms with van der Waals surface area (Å²) >= 11 is 0. The van der Waals surface area contributed by atoms with Gasteiger partial charge in [-0.2, -0.15) is 0 Å². The molecule has 2 aromatic carbocycles. The molecule has 0 spiro atoms. The van der Waals surface area contributed by atoms with E-state index in [0.717, 1.165) is 12.5 Å². The molecular formula is C22H24N4O7. The van der Waals surface area contributed by atoms with E-state index < -0.39 is 11.9 Å². The number of hydrogen-bond acceptors (Lipinski definition) is 7. The van der Waals surface area contributed by atoms with Crippen LogP contribution in [0.15, 0.2) is 47.5 Å². The first-order valence-corrected chi connectivity index (χ1v) is 9.65. The second-order valence-electron chi connectivity index (χ2n) is 6.87. The number of benzene rings is 2. The van der Waals surface area contributed by atoms with Gasteiger partial charge in [0.15, 0.2) is 18.3 Å². The molecule has 1 amide bonds. The number of guanidine groups is 1. The molecule has 5 N–H and O–H groups in total. The molecule has 1 aliphatic heterocycles. The van der Waals surface area contributed by atoms with E-state index in [4.69, 9.17) is 26.1 Å². The molecule has 0 unspecified atom stereocenters. The van der Waals surface area contributed by atoms with Gasteiger partial charge >= 0.3 is 5.97 Å². The van der Waals surface area contributed by atoms with E-state index in [1.807, 2.05) is 0 Å². The fraction of sp³-hybridized carbons (Fsp3) is 0.227. The topological polar surface area (TPSA) is 175 Å². The van der Waals surface area contributed by atoms with Crippen molar-refractivity contribution in [1.29, 1.82) is 0 Å². The number of ketones is 1. The van der Waals surface area contributed by atoms with Gasteiger partial charge in [0.2, 0.25) is 0 Å². The molecule has 0 aromatic heterocycles. The lowest BCUT2D eigenvalue weighted by molar-refractivity contribution is -0.143. The Kier molecular flexibility index (Phi) is 8.49. The van der Waals surface area contributed by atoms with E-state index in [1.54, 1.807) is 42.5 Å². The van der Waals surface area contributed by atoms with Crippen molar-refractivity contribution >= 4 is 35.3 Å². The second kappa shape index (κ2) is 11.3. The van der Waals surface area contributed by atoms with Gasteiger partial charge in [-0.3, -0.25) is 14.4 Å². The average molecular weight is 456 g/mol. The predicted octanol–water partition coefficient (Wildman–Crippen LogP) is 1.07. The van der Waals surface area contributed by atoms with Crippen LogP contribution in [0.25, 0.3) is 0 Å². The maximum absolute atomic E-state index is 12.6. The number of carbonyl (C=O) groups is 4. The SMILES string of the molecule is CC(=O)O.COC(=O)COc1ccc(C(=O)CN2Cc3cc(N=C(N)N)ccc3C2=O)cc1. The Labute approximate surface area is 189 Å². The third-order valence-electron chi connectivity index (χ3n) is 4.32. The van der Waals surface area contributed by atoms with E-state index in [0.29, 0.717) is 29.1 Å². The van der Waals surface area contributed by atoms with E-state index in [1.165, 1.54) is 12.0 Å². The highest BCUT2D eigenvalue weighted by Gasteiger charge is 2.29. The fourth-order valence-electron chi connectivity index (χ4n) is 2.92. The molecule has 0 atom stereocenters. The lowest BCUT2D eigenvalue weighted by atomic mass is 10.1. The number of fused-ring (bicyclic) bond motifs is 1. The minimum Gasteiger partial charge on any atom is -0.482 e. The third kappa shape index (κ3) is 7.35. The van der Waals surface area contributed by atoms with Gasteiger partial charge < -0.3 is 30.9 Å². The fourth-order valence-corrected chi connectivity index (χ4v) is 2.92. The second-order valence-corrected chi connectivity index (χ2v) is 6.87. The van der Waals surface area contributed by atoms with Crippen molar-refractivity contribution in [2.75, 3.05) is 20.3 Å². The van der Waals surface area contributed by atoms with Gasteiger partial charge in [0.05, 0.1) is 19.3 Å². The molecule has 3 rings (SSSR count). The molecule has 0 fully saturated rings. The number of nitrogens with two attached hydrogens (primary N) is 2. The lowest BCUT2D eigenvalue weighted by Crippen LogP contribution is -2.30. The first-order chi connectivity index (χ1) is 15.6. The summed E-state index contributed by atoms with van der Waals surface area (Å²) in [7, 11) is 1.27. The predicted molar refractivity (Wildman–Crippen MR) is 118 cm³/mol. The molecule has 0 aliphatic carbocycles. The number of methoxy groups -OCH3 is 1. The molecule has 0 saturated carbocycles. The van der Waals surface area contributed by atoms with Crippen molar-refractivity contribution in [2.45, 2.75) is 13.5 Å². The molecule has 0 bridgehead atoms. The van der Waals surface area contributed by atoms with Gasteiger partial charge in [-0.25, -0.2) is 9.79 Å². The summed E-state index contributed by atoms with van der Waals surface area (Å²) in [5.74, 6) is -1.40. The third-order valence-corrected chi connectivity index (χ3v) is 4.32. The highest BCUT2D eigenvalue weighted by atomic mass is 16.6. The Morgan fingerprint density at radius 1 is 1.12 bits per heavy atom. The molecule has 1 aliphatic rings. The van der Waals surface area contributed by atoms with Crippen LogP contribution in [-0.4, -0.2) is 59.9 Å². The quantitative estimate of drug-likeness (QED) is 0.238. The Hall–Kier alpha value is -4.41. The molecule has 2 aromatic rings. The number of rotatable bonds is 7. The minimum absolute atomic E-state index is 0.0620. The van der Waals surface area contributed by atoms with Crippen molar-refractivity contribution in [3.05, 3.63) is 59.2 Å². The lowest BCUT2D eigenvalue weighted by Gasteiger charge is -2.14. The molecule has 0 radical (unpaired) electrons. The Balaban J connectivity index is 0.000000890. The molecule has 174 valence electrons. The Bertz CT molecular complexity index is 1070. The van der Waals surface area contributed by atoms with E-state index in [2.05, 4.69) is 9.73 Å². The van der Waals surface area contributed by atoms with E-state index >= 15 is 0 Å². The normalized spacial score (nSPS) is 11.6. The summed E-state index contributed by atoms with van der Waals surface area (Å²) < 4.78 is 9.74. The summed E-state index contributed by atoms with van der Waals surface area (Å²) in [6, 6.07) is 11.4. The summed E-state index contributed by atoms with van der Waals surface area (Å²) in [4.78, 5) is 50.7. The standard InChI is InChI=1S/C20H20N4O5.C2H4O2/c1-28-18(26)11-29-15-5-2-12(3-6-15)17(25)10-24-9-13-8-14(23-20(21)22)4-7-16(13)19(24)27;1-2(3)4/h2-8H,9-11H2,1H3,(H4,21,22,23);1H3,(H,3,4). The van der Waals surface area contributed by atoms with Crippen molar-refractivity contribution in [1.82, 2.24) is 4.90 Å². The maximum Gasteiger partial charge on any atom is 0.343 e. The van der Waals surface area contributed by atoms with Crippen LogP contribution in [0.2, 0.25) is 0 Å². The summed E-state index contributed by atoms with van der Waals surface area (Å²) in [5, 5.41) is 7.42. The number of nitrogens with zero attached hydrogens (tertiary/aromatic N) is 2. The van der Waals surface area contributed by atoms with Gasteiger partial charge in [0.25, 0.3) is 11.9 Å². The van der Waals surface area contributed by atoms with Gasteiger partial charge in [0, 0.05) is 24.6 Å². The average Bonchev–Trinajstić information content (AvgIpc) is 3.06. The number of esters is 1. The van der Waals surface area contributed by atoms with Crippen molar-refractivity contribution in [3.8, 4) is 5.75 Å². The zero-order valence-electron chi connectivity index (χ0n) is 18.1. The van der Waals surface area contributed by atoms with E-state index in [9.17, 15) is 14.4 Å². The smallest absolute Gasteiger partial charge is 0.343 e. The van der Waals surface area contributed by atoms with Gasteiger partial charge in [-0.05, 0) is 48.0 Å². The molecule has 0 saturated heterocycles. The first kappa shape index (κ1) is 24.9. The summed E-state index contributed by atoms with van der Waals surface area (Å²) in [6.45, 7) is 1.10. The monoisotopic (exact) mass is 456 g/mol. The van der Waals surface area contributed by atoms with Crippen LogP contribution in [-0.2, 0) is 20.9 Å². The van der Waals surface area contributed by atoms with Crippen LogP contribution in [0.1, 0.15) is 33.2 Å². The zero-order valence-corrected chi connectivity index (χ0v) is 18.1. The van der Waals surface area contributed by atoms with Crippen LogP contribution >= 0.6 is 0 Å². The Morgan fingerprint density at radius 3 is 2.33 bits per heavy atom. The number of aliphatic carboxylic acids is 1. The molecule has 11 heteroatoms. The van der Waals surface area contributed by atoms with Crippen molar-refractivity contribution < 1.29 is 33.8 Å². The number of carbonyl (C=O) groups excluding carboxylic acids is 3. The highest BCUT2D eigenvalue weighted by molar-refractivity contribution is 6.04. The number of ether oxygens (including phenoxy) is 2. The van der Waals surface area contributed by atoms with Crippen LogP contribution in [0.5, 0.6) is 5.75 Å². The first-order valence-electron chi connectivity index (χ1n) is 9.65. The largest absolute Gasteiger partial charge is 0.482 e. The molecule has 33 heavy (non-hydrogen) atoms. The number of carboxylic acids is 1. The van der Waals surface area contributed by atoms with Crippen LogP contribution in [0.3, 0.4) is 0 Å². The van der Waals surface area contributed by atoms with Gasteiger partial charge in [-0.1, -0.05) is 0 Å². The van der Waals surface area contributed by atoms with Gasteiger partial charge in [0.1, 0.15) is 5.75 Å². The Morgan fingerprint density at radius 2 is 1.76 bits per heavy atom. The summed E-state index contributed by atoms with van der Waals surface area (Å²) in [6.07, 6.45) is 0. The minimum atomic E-state index is -0.833. The number of Topliss-reactive ketones (excluding diaryl/α,β-unsaturated/α-hetero) is 1. The zero-order chi connectivity index (χ0) is 24.5. The maximum atomic E-state index is 12.6. The van der Waals surface area contributed by atoms with Gasteiger partial charge in [-0.15, -0.1) is 0 Å². The van der Waals surface area contributed by atoms with E-state index in [-0.39, 0.29) is 30.8 Å². The number of amides is 1. The van der Waals surface area contributed by atoms with Crippen LogP contribution in [0, 0.1) is 0 Å². The molecular weight excluding hydrogens is 432 g/mol. The summed E-state index contributed by atoms with van der Waals surface area (Å²) in [5.41, 5.74) is 13.0. The number of aliphatic imine (C=N–C) groups is 1.